The number of rotatable bonds is 7. The van der Waals surface area contributed by atoms with Crippen LogP contribution >= 0.6 is 11.8 Å². The highest BCUT2D eigenvalue weighted by Gasteiger charge is 2.38. The summed E-state index contributed by atoms with van der Waals surface area (Å²) in [5.74, 6) is 0.597. The normalized spacial score (nSPS) is 21.6. The first-order valence-corrected chi connectivity index (χ1v) is 13.0. The molecule has 0 unspecified atom stereocenters. The van der Waals surface area contributed by atoms with Gasteiger partial charge >= 0.3 is 0 Å². The number of thioether (sulfide) groups is 1. The van der Waals surface area contributed by atoms with Gasteiger partial charge in [0.05, 0.1) is 28.3 Å². The van der Waals surface area contributed by atoms with Crippen molar-refractivity contribution in [3.63, 3.8) is 0 Å². The monoisotopic (exact) mass is 433 g/mol. The lowest BCUT2D eigenvalue weighted by molar-refractivity contribution is -0.132. The largest absolute Gasteiger partial charge is 0.335 e. The summed E-state index contributed by atoms with van der Waals surface area (Å²) in [6.07, 6.45) is 6.55. The van der Waals surface area contributed by atoms with Crippen LogP contribution in [0.25, 0.3) is 11.0 Å². The minimum atomic E-state index is -3.03. The predicted molar refractivity (Wildman–Crippen MR) is 117 cm³/mol. The van der Waals surface area contributed by atoms with E-state index in [1.165, 1.54) is 11.8 Å². The average molecular weight is 434 g/mol. The first kappa shape index (κ1) is 20.5. The Balaban J connectivity index is 1.53. The second kappa shape index (κ2) is 8.52. The van der Waals surface area contributed by atoms with Crippen molar-refractivity contribution in [2.24, 2.45) is 0 Å². The highest BCUT2D eigenvalue weighted by Crippen LogP contribution is 2.31. The quantitative estimate of drug-likeness (QED) is 0.495. The fourth-order valence-electron chi connectivity index (χ4n) is 4.55. The number of para-hydroxylation sites is 2. The number of imidazole rings is 1. The Morgan fingerprint density at radius 1 is 1.24 bits per heavy atom. The van der Waals surface area contributed by atoms with Gasteiger partial charge in [0, 0.05) is 18.6 Å². The molecule has 0 N–H and O–H groups in total. The number of allylic oxidation sites excluding steroid dienone is 1. The molecule has 2 heterocycles. The summed E-state index contributed by atoms with van der Waals surface area (Å²) >= 11 is 1.43. The number of nitrogens with zero attached hydrogens (tertiary/aromatic N) is 3. The summed E-state index contributed by atoms with van der Waals surface area (Å²) in [4.78, 5) is 19.8. The maximum atomic E-state index is 13.2. The number of carbonyl (C=O) groups is 1. The van der Waals surface area contributed by atoms with Crippen LogP contribution in [-0.2, 0) is 21.2 Å². The van der Waals surface area contributed by atoms with Gasteiger partial charge in [-0.25, -0.2) is 13.4 Å². The Bertz CT molecular complexity index is 1010. The van der Waals surface area contributed by atoms with Crippen LogP contribution in [0.2, 0.25) is 0 Å². The molecule has 8 heteroatoms. The van der Waals surface area contributed by atoms with Gasteiger partial charge < -0.3 is 9.47 Å². The zero-order valence-corrected chi connectivity index (χ0v) is 18.1. The molecule has 1 aliphatic carbocycles. The highest BCUT2D eigenvalue weighted by molar-refractivity contribution is 7.99. The fourth-order valence-corrected chi connectivity index (χ4v) is 7.16. The van der Waals surface area contributed by atoms with Gasteiger partial charge in [0.25, 0.3) is 0 Å². The predicted octanol–water partition coefficient (Wildman–Crippen LogP) is 3.27. The Morgan fingerprint density at radius 3 is 2.69 bits per heavy atom. The van der Waals surface area contributed by atoms with Crippen LogP contribution in [0.15, 0.2) is 42.1 Å². The van der Waals surface area contributed by atoms with E-state index in [9.17, 15) is 13.2 Å². The molecule has 1 aromatic carbocycles. The number of aromatic nitrogens is 2. The Labute approximate surface area is 176 Å². The zero-order chi connectivity index (χ0) is 20.4. The van der Waals surface area contributed by atoms with E-state index >= 15 is 0 Å². The molecule has 2 aromatic rings. The number of benzene rings is 1. The number of amides is 1. The van der Waals surface area contributed by atoms with Crippen molar-refractivity contribution in [1.29, 1.82) is 0 Å². The number of carbonyl (C=O) groups excluding carboxylic acids is 1. The number of hydrogen-bond acceptors (Lipinski definition) is 5. The molecule has 1 aliphatic heterocycles. The van der Waals surface area contributed by atoms with Gasteiger partial charge in [0.2, 0.25) is 5.91 Å². The van der Waals surface area contributed by atoms with Gasteiger partial charge in [0.1, 0.15) is 0 Å². The van der Waals surface area contributed by atoms with E-state index in [2.05, 4.69) is 11.1 Å². The number of hydrogen-bond donors (Lipinski definition) is 0. The van der Waals surface area contributed by atoms with Crippen molar-refractivity contribution in [3.8, 4) is 0 Å². The standard InChI is InChI=1S/C21H27N3O3S2/c1-2-12-23-19-10-6-5-9-18(19)22-21(23)28-14-20(25)24(16-7-3-4-8-16)17-11-13-29(26,27)15-17/h2,5-6,9-10,16-17H,1,3-4,7-8,11-15H2/t17-/m1/s1. The van der Waals surface area contributed by atoms with E-state index in [-0.39, 0.29) is 35.2 Å². The Morgan fingerprint density at radius 2 is 2.00 bits per heavy atom. The van der Waals surface area contributed by atoms with Crippen LogP contribution in [0.1, 0.15) is 32.1 Å². The third-order valence-electron chi connectivity index (χ3n) is 5.86. The van der Waals surface area contributed by atoms with Crippen LogP contribution in [0, 0.1) is 0 Å². The van der Waals surface area contributed by atoms with Gasteiger partial charge in [0.15, 0.2) is 15.0 Å². The summed E-state index contributed by atoms with van der Waals surface area (Å²) in [6, 6.07) is 7.92. The van der Waals surface area contributed by atoms with Crippen molar-refractivity contribution in [2.75, 3.05) is 17.3 Å². The third-order valence-corrected chi connectivity index (χ3v) is 8.58. The summed E-state index contributed by atoms with van der Waals surface area (Å²) in [5.41, 5.74) is 1.93. The SMILES string of the molecule is C=CCn1c(SCC(=O)N(C2CCCC2)[C@@H]2CCS(=O)(=O)C2)nc2ccccc21. The smallest absolute Gasteiger partial charge is 0.233 e. The fraction of sp³-hybridized carbons (Fsp3) is 0.524. The van der Waals surface area contributed by atoms with Crippen molar-refractivity contribution < 1.29 is 13.2 Å². The number of sulfone groups is 1. The molecule has 1 saturated carbocycles. The molecular weight excluding hydrogens is 406 g/mol. The molecule has 2 fully saturated rings. The minimum absolute atomic E-state index is 0.0289. The lowest BCUT2D eigenvalue weighted by Gasteiger charge is -2.34. The third kappa shape index (κ3) is 4.38. The summed E-state index contributed by atoms with van der Waals surface area (Å²) in [5, 5.41) is 0.796. The molecular formula is C21H27N3O3S2. The second-order valence-corrected chi connectivity index (χ2v) is 11.0. The molecule has 1 saturated heterocycles. The average Bonchev–Trinajstić information content (AvgIpc) is 3.41. The molecule has 6 nitrogen and oxygen atoms in total. The molecule has 4 rings (SSSR count). The van der Waals surface area contributed by atoms with Gasteiger partial charge in [-0.15, -0.1) is 6.58 Å². The molecule has 1 aromatic heterocycles. The number of fused-ring (bicyclic) bond motifs is 1. The molecule has 1 amide bonds. The molecule has 1 atom stereocenters. The van der Waals surface area contributed by atoms with E-state index in [1.807, 2.05) is 35.2 Å². The maximum Gasteiger partial charge on any atom is 0.233 e. The Hall–Kier alpha value is -1.80. The van der Waals surface area contributed by atoms with Gasteiger partial charge in [-0.05, 0) is 31.4 Å². The first-order valence-electron chi connectivity index (χ1n) is 10.2. The van der Waals surface area contributed by atoms with Gasteiger partial charge in [-0.2, -0.15) is 0 Å². The molecule has 29 heavy (non-hydrogen) atoms. The molecule has 0 spiro atoms. The van der Waals surface area contributed by atoms with E-state index in [0.717, 1.165) is 41.9 Å². The lowest BCUT2D eigenvalue weighted by atomic mass is 10.1. The molecule has 0 radical (unpaired) electrons. The van der Waals surface area contributed by atoms with E-state index in [0.29, 0.717) is 13.0 Å². The van der Waals surface area contributed by atoms with E-state index < -0.39 is 9.84 Å². The first-order chi connectivity index (χ1) is 14.0. The van der Waals surface area contributed by atoms with Crippen LogP contribution in [0.5, 0.6) is 0 Å². The molecule has 156 valence electrons. The molecule has 0 bridgehead atoms. The van der Waals surface area contributed by atoms with Crippen LogP contribution in [0.3, 0.4) is 0 Å². The van der Waals surface area contributed by atoms with Gasteiger partial charge in [-0.3, -0.25) is 4.79 Å². The minimum Gasteiger partial charge on any atom is -0.335 e. The maximum absolute atomic E-state index is 13.2. The van der Waals surface area contributed by atoms with Gasteiger partial charge in [-0.1, -0.05) is 42.8 Å². The van der Waals surface area contributed by atoms with Crippen LogP contribution < -0.4 is 0 Å². The second-order valence-electron chi connectivity index (χ2n) is 7.87. The van der Waals surface area contributed by atoms with Crippen molar-refractivity contribution in [1.82, 2.24) is 14.5 Å². The Kier molecular flexibility index (Phi) is 6.01. The van der Waals surface area contributed by atoms with E-state index in [4.69, 9.17) is 4.98 Å². The highest BCUT2D eigenvalue weighted by atomic mass is 32.2. The zero-order valence-electron chi connectivity index (χ0n) is 16.5. The summed E-state index contributed by atoms with van der Waals surface area (Å²) in [6.45, 7) is 4.46. The summed E-state index contributed by atoms with van der Waals surface area (Å²) < 4.78 is 26.1. The molecule has 2 aliphatic rings. The summed E-state index contributed by atoms with van der Waals surface area (Å²) in [7, 11) is -3.03. The topological polar surface area (TPSA) is 72.3 Å². The van der Waals surface area contributed by atoms with E-state index in [1.54, 1.807) is 0 Å². The van der Waals surface area contributed by atoms with Crippen molar-refractivity contribution in [3.05, 3.63) is 36.9 Å². The van der Waals surface area contributed by atoms with Crippen molar-refractivity contribution in [2.45, 2.75) is 55.9 Å². The van der Waals surface area contributed by atoms with Crippen LogP contribution in [-0.4, -0.2) is 58.1 Å². The van der Waals surface area contributed by atoms with Crippen molar-refractivity contribution >= 4 is 38.5 Å². The lowest BCUT2D eigenvalue weighted by Crippen LogP contribution is -2.47. The van der Waals surface area contributed by atoms with Crippen LogP contribution in [0.4, 0.5) is 0 Å².